The molecule has 4 N–H and O–H groups in total. The van der Waals surface area contributed by atoms with Crippen LogP contribution >= 0.6 is 11.8 Å². The smallest absolute Gasteiger partial charge is 0.0482 e. The third-order valence-corrected chi connectivity index (χ3v) is 2.95. The van der Waals surface area contributed by atoms with Crippen LogP contribution in [0, 0.1) is 6.92 Å². The van der Waals surface area contributed by atoms with E-state index in [9.17, 15) is 0 Å². The summed E-state index contributed by atoms with van der Waals surface area (Å²) in [6.45, 7) is 2.62. The van der Waals surface area contributed by atoms with E-state index in [-0.39, 0.29) is 0 Å². The zero-order valence-electron chi connectivity index (χ0n) is 8.36. The third kappa shape index (κ3) is 3.09. The predicted octanol–water partition coefficient (Wildman–Crippen LogP) is 2.18. The second-order valence-electron chi connectivity index (χ2n) is 3.00. The van der Waals surface area contributed by atoms with Crippen molar-refractivity contribution in [3.63, 3.8) is 0 Å². The Kier molecular flexibility index (Phi) is 4.56. The van der Waals surface area contributed by atoms with E-state index in [2.05, 4.69) is 6.08 Å². The number of nitrogen functional groups attached to an aromatic ring is 1. The highest BCUT2D eigenvalue weighted by Gasteiger charge is 1.99. The topological polar surface area (TPSA) is 52.0 Å². The van der Waals surface area contributed by atoms with Crippen molar-refractivity contribution in [1.29, 1.82) is 0 Å². The molecule has 3 heteroatoms. The lowest BCUT2D eigenvalue weighted by Gasteiger charge is -2.05. The lowest BCUT2D eigenvalue weighted by molar-refractivity contribution is 1.25. The van der Waals surface area contributed by atoms with Gasteiger partial charge in [0.15, 0.2) is 0 Å². The van der Waals surface area contributed by atoms with Gasteiger partial charge >= 0.3 is 0 Å². The molecule has 0 fully saturated rings. The summed E-state index contributed by atoms with van der Waals surface area (Å²) in [5, 5.41) is 0. The molecule has 0 atom stereocenters. The molecule has 0 radical (unpaired) electrons. The molecule has 1 aromatic carbocycles. The minimum atomic E-state index is 0.601. The van der Waals surface area contributed by atoms with Gasteiger partial charge in [-0.15, -0.1) is 11.8 Å². The lowest BCUT2D eigenvalue weighted by Crippen LogP contribution is -1.93. The summed E-state index contributed by atoms with van der Waals surface area (Å²) in [5.41, 5.74) is 13.3. The number of rotatable bonds is 4. The van der Waals surface area contributed by atoms with Gasteiger partial charge in [0, 0.05) is 22.9 Å². The molecule has 14 heavy (non-hydrogen) atoms. The van der Waals surface area contributed by atoms with Gasteiger partial charge in [0.25, 0.3) is 0 Å². The molecule has 2 nitrogen and oxygen atoms in total. The molecule has 0 aliphatic heterocycles. The number of anilines is 1. The summed E-state index contributed by atoms with van der Waals surface area (Å²) in [7, 11) is 0. The molecule has 0 aromatic heterocycles. The van der Waals surface area contributed by atoms with Crippen LogP contribution in [0.2, 0.25) is 0 Å². The second kappa shape index (κ2) is 5.73. The summed E-state index contributed by atoms with van der Waals surface area (Å²) in [5.74, 6) is 0.921. The zero-order chi connectivity index (χ0) is 10.4. The maximum atomic E-state index is 5.93. The van der Waals surface area contributed by atoms with Crippen molar-refractivity contribution in [2.45, 2.75) is 11.8 Å². The average molecular weight is 208 g/mol. The molecule has 1 rings (SSSR count). The van der Waals surface area contributed by atoms with Crippen LogP contribution in [0.4, 0.5) is 5.69 Å². The van der Waals surface area contributed by atoms with Gasteiger partial charge in [0.1, 0.15) is 0 Å². The quantitative estimate of drug-likeness (QED) is 0.453. The zero-order valence-corrected chi connectivity index (χ0v) is 9.18. The Hall–Kier alpha value is -0.930. The molecule has 0 heterocycles. The highest BCUT2D eigenvalue weighted by molar-refractivity contribution is 7.99. The third-order valence-electron chi connectivity index (χ3n) is 1.92. The maximum Gasteiger partial charge on any atom is 0.0482 e. The molecule has 0 amide bonds. The Morgan fingerprint density at radius 3 is 2.86 bits per heavy atom. The molecule has 1 aromatic rings. The van der Waals surface area contributed by atoms with Gasteiger partial charge in [-0.3, -0.25) is 0 Å². The largest absolute Gasteiger partial charge is 0.398 e. The first-order valence-corrected chi connectivity index (χ1v) is 5.57. The summed E-state index contributed by atoms with van der Waals surface area (Å²) in [6, 6.07) is 6.10. The van der Waals surface area contributed by atoms with Gasteiger partial charge in [0.2, 0.25) is 0 Å². The molecule has 0 aliphatic rings. The monoisotopic (exact) mass is 208 g/mol. The number of nitrogens with two attached hydrogens (primary N) is 2. The van der Waals surface area contributed by atoms with E-state index in [0.717, 1.165) is 21.9 Å². The highest BCUT2D eigenvalue weighted by atomic mass is 32.2. The highest BCUT2D eigenvalue weighted by Crippen LogP contribution is 2.27. The predicted molar refractivity (Wildman–Crippen MR) is 64.5 cm³/mol. The minimum absolute atomic E-state index is 0.601. The van der Waals surface area contributed by atoms with E-state index in [1.54, 1.807) is 11.8 Å². The van der Waals surface area contributed by atoms with Crippen molar-refractivity contribution >= 4 is 17.4 Å². The number of aryl methyl sites for hydroxylation is 1. The molecule has 0 spiro atoms. The number of hydrogen-bond donors (Lipinski definition) is 2. The second-order valence-corrected chi connectivity index (χ2v) is 4.07. The van der Waals surface area contributed by atoms with Crippen molar-refractivity contribution < 1.29 is 0 Å². The summed E-state index contributed by atoms with van der Waals surface area (Å²) in [6.07, 6.45) is 4.02. The first-order chi connectivity index (χ1) is 6.75. The van der Waals surface area contributed by atoms with Crippen molar-refractivity contribution in [1.82, 2.24) is 0 Å². The summed E-state index contributed by atoms with van der Waals surface area (Å²) in [4.78, 5) is 1.15. The Bertz CT molecular complexity index is 321. The molecule has 0 bridgehead atoms. The first-order valence-electron chi connectivity index (χ1n) is 4.58. The van der Waals surface area contributed by atoms with Crippen molar-refractivity contribution in [2.75, 3.05) is 18.0 Å². The Morgan fingerprint density at radius 1 is 1.36 bits per heavy atom. The number of hydrogen-bond acceptors (Lipinski definition) is 3. The molecule has 0 unspecified atom stereocenters. The Labute approximate surface area is 89.4 Å². The van der Waals surface area contributed by atoms with Crippen LogP contribution in [0.15, 0.2) is 35.2 Å². The maximum absolute atomic E-state index is 5.93. The molecular weight excluding hydrogens is 192 g/mol. The van der Waals surface area contributed by atoms with Crippen LogP contribution in [0.25, 0.3) is 0 Å². The van der Waals surface area contributed by atoms with Crippen LogP contribution in [0.3, 0.4) is 0 Å². The standard InChI is InChI=1S/C11H16N2S/c1-9-5-4-6-10(11(9)13)14-8-3-2-7-12/h2-6H,7-8,12-13H2,1H3. The number of thioether (sulfide) groups is 1. The first kappa shape index (κ1) is 11.1. The molecular formula is C11H16N2S. The number of para-hydroxylation sites is 1. The van der Waals surface area contributed by atoms with Gasteiger partial charge < -0.3 is 11.5 Å². The van der Waals surface area contributed by atoms with Crippen LogP contribution in [0.5, 0.6) is 0 Å². The fourth-order valence-electron chi connectivity index (χ4n) is 1.08. The van der Waals surface area contributed by atoms with Crippen LogP contribution in [-0.4, -0.2) is 12.3 Å². The average Bonchev–Trinajstić information content (AvgIpc) is 2.19. The van der Waals surface area contributed by atoms with Gasteiger partial charge in [-0.1, -0.05) is 24.3 Å². The summed E-state index contributed by atoms with van der Waals surface area (Å²) >= 11 is 1.73. The van der Waals surface area contributed by atoms with Gasteiger partial charge in [-0.25, -0.2) is 0 Å². The van der Waals surface area contributed by atoms with Crippen molar-refractivity contribution in [3.05, 3.63) is 35.9 Å². The fourth-order valence-corrected chi connectivity index (χ4v) is 1.98. The molecule has 0 saturated carbocycles. The van der Waals surface area contributed by atoms with E-state index < -0.39 is 0 Å². The van der Waals surface area contributed by atoms with E-state index in [1.807, 2.05) is 31.2 Å². The molecule has 76 valence electrons. The van der Waals surface area contributed by atoms with E-state index in [0.29, 0.717) is 6.54 Å². The Balaban J connectivity index is 2.59. The van der Waals surface area contributed by atoms with E-state index >= 15 is 0 Å². The number of benzene rings is 1. The minimum Gasteiger partial charge on any atom is -0.398 e. The van der Waals surface area contributed by atoms with Gasteiger partial charge in [0.05, 0.1) is 0 Å². The molecule has 0 aliphatic carbocycles. The van der Waals surface area contributed by atoms with Crippen LogP contribution < -0.4 is 11.5 Å². The lowest BCUT2D eigenvalue weighted by atomic mass is 10.2. The molecule has 0 saturated heterocycles. The fraction of sp³-hybridized carbons (Fsp3) is 0.273. The van der Waals surface area contributed by atoms with Crippen LogP contribution in [0.1, 0.15) is 5.56 Å². The SMILES string of the molecule is Cc1cccc(SCC=CCN)c1N. The van der Waals surface area contributed by atoms with Crippen molar-refractivity contribution in [2.24, 2.45) is 5.73 Å². The van der Waals surface area contributed by atoms with E-state index in [4.69, 9.17) is 11.5 Å². The summed E-state index contributed by atoms with van der Waals surface area (Å²) < 4.78 is 0. The van der Waals surface area contributed by atoms with Crippen molar-refractivity contribution in [3.8, 4) is 0 Å². The normalized spacial score (nSPS) is 11.0. The van der Waals surface area contributed by atoms with Gasteiger partial charge in [-0.05, 0) is 18.6 Å². The van der Waals surface area contributed by atoms with Gasteiger partial charge in [-0.2, -0.15) is 0 Å². The van der Waals surface area contributed by atoms with E-state index in [1.165, 1.54) is 0 Å². The van der Waals surface area contributed by atoms with Crippen LogP contribution in [-0.2, 0) is 0 Å². The Morgan fingerprint density at radius 2 is 2.14 bits per heavy atom.